The smallest absolute Gasteiger partial charge is 0.248 e. The second-order valence-corrected chi connectivity index (χ2v) is 5.46. The molecule has 0 aliphatic rings. The van der Waals surface area contributed by atoms with Crippen LogP contribution in [0.15, 0.2) is 73.2 Å². The van der Waals surface area contributed by atoms with Gasteiger partial charge in [-0.15, -0.1) is 0 Å². The standard InChI is InChI=1S/C19H14N4O/c20-19(24)15-8-4-7-14(9-15)16-12-23-17(10-22-18(23)11-21-16)13-5-2-1-3-6-13/h1-12H,(H2,20,24). The molecular formula is C19H14N4O. The first-order valence-electron chi connectivity index (χ1n) is 7.51. The normalized spacial score (nSPS) is 10.8. The fraction of sp³-hybridized carbons (Fsp3) is 0. The van der Waals surface area contributed by atoms with Crippen LogP contribution < -0.4 is 5.73 Å². The summed E-state index contributed by atoms with van der Waals surface area (Å²) in [4.78, 5) is 20.2. The highest BCUT2D eigenvalue weighted by atomic mass is 16.1. The van der Waals surface area contributed by atoms with Crippen LogP contribution in [-0.2, 0) is 0 Å². The summed E-state index contributed by atoms with van der Waals surface area (Å²) >= 11 is 0. The summed E-state index contributed by atoms with van der Waals surface area (Å²) in [6, 6.07) is 17.2. The molecular weight excluding hydrogens is 300 g/mol. The Bertz CT molecular complexity index is 1040. The number of primary amides is 1. The molecule has 4 aromatic rings. The lowest BCUT2D eigenvalue weighted by atomic mass is 10.1. The molecule has 0 unspecified atom stereocenters. The third-order valence-electron chi connectivity index (χ3n) is 3.91. The zero-order chi connectivity index (χ0) is 16.5. The van der Waals surface area contributed by atoms with Crippen molar-refractivity contribution in [1.29, 1.82) is 0 Å². The van der Waals surface area contributed by atoms with Gasteiger partial charge in [-0.25, -0.2) is 4.98 Å². The van der Waals surface area contributed by atoms with E-state index in [0.29, 0.717) is 5.56 Å². The lowest BCUT2D eigenvalue weighted by molar-refractivity contribution is 0.100. The largest absolute Gasteiger partial charge is 0.366 e. The summed E-state index contributed by atoms with van der Waals surface area (Å²) in [6.07, 6.45) is 5.47. The van der Waals surface area contributed by atoms with E-state index in [4.69, 9.17) is 5.73 Å². The number of amides is 1. The van der Waals surface area contributed by atoms with E-state index < -0.39 is 5.91 Å². The fourth-order valence-electron chi connectivity index (χ4n) is 2.69. The van der Waals surface area contributed by atoms with Gasteiger partial charge in [0.05, 0.1) is 23.8 Å². The highest BCUT2D eigenvalue weighted by Crippen LogP contribution is 2.24. The highest BCUT2D eigenvalue weighted by molar-refractivity contribution is 5.94. The quantitative estimate of drug-likeness (QED) is 0.631. The van der Waals surface area contributed by atoms with E-state index in [1.807, 2.05) is 53.2 Å². The molecule has 2 N–H and O–H groups in total. The van der Waals surface area contributed by atoms with Crippen LogP contribution in [0.3, 0.4) is 0 Å². The third kappa shape index (κ3) is 2.42. The van der Waals surface area contributed by atoms with Gasteiger partial charge >= 0.3 is 0 Å². The summed E-state index contributed by atoms with van der Waals surface area (Å²) in [5.74, 6) is -0.453. The molecule has 0 aliphatic heterocycles. The van der Waals surface area contributed by atoms with E-state index in [-0.39, 0.29) is 0 Å². The van der Waals surface area contributed by atoms with Crippen LogP contribution in [0.25, 0.3) is 28.2 Å². The Labute approximate surface area is 138 Å². The predicted octanol–water partition coefficient (Wildman–Crippen LogP) is 3.16. The molecule has 4 rings (SSSR count). The second kappa shape index (κ2) is 5.62. The molecule has 2 aromatic carbocycles. The first kappa shape index (κ1) is 14.1. The first-order valence-corrected chi connectivity index (χ1v) is 7.51. The molecule has 2 heterocycles. The van der Waals surface area contributed by atoms with Crippen LogP contribution in [0, 0.1) is 0 Å². The molecule has 0 saturated heterocycles. The van der Waals surface area contributed by atoms with Gasteiger partial charge in [0.25, 0.3) is 0 Å². The Balaban J connectivity index is 1.86. The number of carbonyl (C=O) groups excluding carboxylic acids is 1. The average molecular weight is 314 g/mol. The van der Waals surface area contributed by atoms with Gasteiger partial charge in [-0.05, 0) is 12.1 Å². The maximum absolute atomic E-state index is 11.4. The van der Waals surface area contributed by atoms with E-state index in [1.54, 1.807) is 24.4 Å². The first-order chi connectivity index (χ1) is 11.7. The third-order valence-corrected chi connectivity index (χ3v) is 3.91. The van der Waals surface area contributed by atoms with Gasteiger partial charge in [0, 0.05) is 22.9 Å². The monoisotopic (exact) mass is 314 g/mol. The predicted molar refractivity (Wildman–Crippen MR) is 92.4 cm³/mol. The number of hydrogen-bond donors (Lipinski definition) is 1. The van der Waals surface area contributed by atoms with Gasteiger partial charge in [0.1, 0.15) is 0 Å². The minimum Gasteiger partial charge on any atom is -0.366 e. The summed E-state index contributed by atoms with van der Waals surface area (Å²) in [5.41, 5.74) is 10.2. The van der Waals surface area contributed by atoms with Crippen LogP contribution >= 0.6 is 0 Å². The van der Waals surface area contributed by atoms with Crippen molar-refractivity contribution in [3.63, 3.8) is 0 Å². The number of nitrogens with zero attached hydrogens (tertiary/aromatic N) is 3. The molecule has 5 heteroatoms. The zero-order valence-corrected chi connectivity index (χ0v) is 12.8. The summed E-state index contributed by atoms with van der Waals surface area (Å²) in [5, 5.41) is 0. The lowest BCUT2D eigenvalue weighted by Gasteiger charge is -2.06. The van der Waals surface area contributed by atoms with E-state index in [9.17, 15) is 4.79 Å². The molecule has 5 nitrogen and oxygen atoms in total. The fourth-order valence-corrected chi connectivity index (χ4v) is 2.69. The van der Waals surface area contributed by atoms with Crippen molar-refractivity contribution in [2.75, 3.05) is 0 Å². The van der Waals surface area contributed by atoms with Crippen molar-refractivity contribution >= 4 is 11.6 Å². The van der Waals surface area contributed by atoms with E-state index in [2.05, 4.69) is 9.97 Å². The van der Waals surface area contributed by atoms with Crippen molar-refractivity contribution in [3.8, 4) is 22.5 Å². The van der Waals surface area contributed by atoms with Gasteiger partial charge in [0.2, 0.25) is 5.91 Å². The minimum atomic E-state index is -0.453. The maximum atomic E-state index is 11.4. The Hall–Kier alpha value is -3.47. The van der Waals surface area contributed by atoms with Crippen molar-refractivity contribution in [1.82, 2.24) is 14.4 Å². The van der Waals surface area contributed by atoms with Gasteiger partial charge in [0.15, 0.2) is 5.65 Å². The number of carbonyl (C=O) groups is 1. The van der Waals surface area contributed by atoms with Crippen molar-refractivity contribution < 1.29 is 4.79 Å². The number of imidazole rings is 1. The van der Waals surface area contributed by atoms with Crippen molar-refractivity contribution in [2.24, 2.45) is 5.73 Å². The van der Waals surface area contributed by atoms with Crippen molar-refractivity contribution in [2.45, 2.75) is 0 Å². The Morgan fingerprint density at radius 1 is 0.917 bits per heavy atom. The number of hydrogen-bond acceptors (Lipinski definition) is 3. The molecule has 2 aromatic heterocycles. The highest BCUT2D eigenvalue weighted by Gasteiger charge is 2.09. The number of nitrogens with two attached hydrogens (primary N) is 1. The summed E-state index contributed by atoms with van der Waals surface area (Å²) in [6.45, 7) is 0. The van der Waals surface area contributed by atoms with Gasteiger partial charge in [-0.1, -0.05) is 42.5 Å². The topological polar surface area (TPSA) is 73.3 Å². The molecule has 0 aliphatic carbocycles. The lowest BCUT2D eigenvalue weighted by Crippen LogP contribution is -2.10. The van der Waals surface area contributed by atoms with E-state index >= 15 is 0 Å². The maximum Gasteiger partial charge on any atom is 0.248 e. The van der Waals surface area contributed by atoms with E-state index in [0.717, 1.165) is 28.2 Å². The SMILES string of the molecule is NC(=O)c1cccc(-c2cn3c(-c4ccccc4)cnc3cn2)c1. The summed E-state index contributed by atoms with van der Waals surface area (Å²) in [7, 11) is 0. The molecule has 0 bridgehead atoms. The molecule has 24 heavy (non-hydrogen) atoms. The second-order valence-electron chi connectivity index (χ2n) is 5.46. The Morgan fingerprint density at radius 2 is 1.71 bits per heavy atom. The van der Waals surface area contributed by atoms with Crippen LogP contribution in [0.1, 0.15) is 10.4 Å². The molecule has 0 radical (unpaired) electrons. The molecule has 116 valence electrons. The van der Waals surface area contributed by atoms with Gasteiger partial charge in [-0.3, -0.25) is 14.2 Å². The number of aromatic nitrogens is 3. The Kier molecular flexibility index (Phi) is 3.31. The molecule has 1 amide bonds. The zero-order valence-electron chi connectivity index (χ0n) is 12.8. The average Bonchev–Trinajstić information content (AvgIpc) is 3.05. The summed E-state index contributed by atoms with van der Waals surface area (Å²) < 4.78 is 1.99. The van der Waals surface area contributed by atoms with Crippen LogP contribution in [0.5, 0.6) is 0 Å². The number of rotatable bonds is 3. The molecule has 0 saturated carbocycles. The Morgan fingerprint density at radius 3 is 2.50 bits per heavy atom. The van der Waals surface area contributed by atoms with Crippen molar-refractivity contribution in [3.05, 3.63) is 78.8 Å². The van der Waals surface area contributed by atoms with Crippen LogP contribution in [0.4, 0.5) is 0 Å². The van der Waals surface area contributed by atoms with Crippen LogP contribution in [0.2, 0.25) is 0 Å². The van der Waals surface area contributed by atoms with E-state index in [1.165, 1.54) is 0 Å². The minimum absolute atomic E-state index is 0.453. The molecule has 0 fully saturated rings. The molecule has 0 atom stereocenters. The van der Waals surface area contributed by atoms with Gasteiger partial charge < -0.3 is 5.73 Å². The van der Waals surface area contributed by atoms with Gasteiger partial charge in [-0.2, -0.15) is 0 Å². The number of fused-ring (bicyclic) bond motifs is 1. The molecule has 0 spiro atoms. The number of benzene rings is 2. The van der Waals surface area contributed by atoms with Crippen LogP contribution in [-0.4, -0.2) is 20.3 Å².